The molecule has 1 aliphatic rings. The number of urea groups is 1. The molecule has 1 aromatic carbocycles. The first-order valence-electron chi connectivity index (χ1n) is 6.96. The lowest BCUT2D eigenvalue weighted by atomic mass is 9.99. The average Bonchev–Trinajstić information content (AvgIpc) is 2.53. The summed E-state index contributed by atoms with van der Waals surface area (Å²) < 4.78 is 13.6. The molecule has 2 rings (SSSR count). The summed E-state index contributed by atoms with van der Waals surface area (Å²) in [7, 11) is 0. The summed E-state index contributed by atoms with van der Waals surface area (Å²) in [4.78, 5) is 13.7. The molecular weight excluding hydrogens is 273 g/mol. The van der Waals surface area contributed by atoms with Gasteiger partial charge < -0.3 is 15.3 Å². The second-order valence-electron chi connectivity index (χ2n) is 5.21. The van der Waals surface area contributed by atoms with Crippen molar-refractivity contribution >= 4 is 6.03 Å². The van der Waals surface area contributed by atoms with Gasteiger partial charge in [0.25, 0.3) is 0 Å². The molecule has 0 bridgehead atoms. The number of piperidine rings is 1. The van der Waals surface area contributed by atoms with Gasteiger partial charge in [-0.25, -0.2) is 9.18 Å². The molecule has 112 valence electrons. The maximum atomic E-state index is 13.6. The van der Waals surface area contributed by atoms with E-state index in [4.69, 9.17) is 10.4 Å². The number of carbonyl (C=O) groups excluding carboxylic acids is 1. The number of amides is 2. The first-order valence-corrected chi connectivity index (χ1v) is 6.96. The van der Waals surface area contributed by atoms with Crippen molar-refractivity contribution in [2.75, 3.05) is 19.7 Å². The molecular formula is C15H18FN3O2. The minimum Gasteiger partial charge on any atom is -0.396 e. The van der Waals surface area contributed by atoms with Crippen LogP contribution in [0.5, 0.6) is 0 Å². The molecule has 1 heterocycles. The number of hydrogen-bond donors (Lipinski definition) is 2. The van der Waals surface area contributed by atoms with Crippen LogP contribution in [0.25, 0.3) is 0 Å². The molecule has 21 heavy (non-hydrogen) atoms. The second kappa shape index (κ2) is 7.04. The van der Waals surface area contributed by atoms with Gasteiger partial charge in [0.1, 0.15) is 5.82 Å². The Hall–Kier alpha value is -2.13. The normalized spacial score (nSPS) is 18.1. The molecule has 5 nitrogen and oxygen atoms in total. The molecule has 0 radical (unpaired) electrons. The van der Waals surface area contributed by atoms with Gasteiger partial charge in [-0.1, -0.05) is 0 Å². The third-order valence-corrected chi connectivity index (χ3v) is 3.67. The number of hydrogen-bond acceptors (Lipinski definition) is 3. The number of halogens is 1. The maximum Gasteiger partial charge on any atom is 0.317 e. The highest BCUT2D eigenvalue weighted by Crippen LogP contribution is 2.16. The number of rotatable bonds is 3. The largest absolute Gasteiger partial charge is 0.396 e. The average molecular weight is 291 g/mol. The van der Waals surface area contributed by atoms with Crippen LogP contribution in [0.1, 0.15) is 24.0 Å². The molecule has 0 spiro atoms. The van der Waals surface area contributed by atoms with Crippen LogP contribution >= 0.6 is 0 Å². The first kappa shape index (κ1) is 15.3. The molecule has 0 aromatic heterocycles. The van der Waals surface area contributed by atoms with Gasteiger partial charge in [0.05, 0.1) is 11.6 Å². The Kier molecular flexibility index (Phi) is 5.12. The third-order valence-electron chi connectivity index (χ3n) is 3.67. The predicted molar refractivity (Wildman–Crippen MR) is 74.7 cm³/mol. The van der Waals surface area contributed by atoms with Gasteiger partial charge in [0, 0.05) is 31.8 Å². The van der Waals surface area contributed by atoms with Crippen LogP contribution in [0.4, 0.5) is 9.18 Å². The molecule has 1 unspecified atom stereocenters. The quantitative estimate of drug-likeness (QED) is 0.888. The van der Waals surface area contributed by atoms with E-state index in [1.54, 1.807) is 4.90 Å². The Morgan fingerprint density at radius 2 is 2.38 bits per heavy atom. The Labute approximate surface area is 123 Å². The van der Waals surface area contributed by atoms with E-state index >= 15 is 0 Å². The topological polar surface area (TPSA) is 76.4 Å². The summed E-state index contributed by atoms with van der Waals surface area (Å²) in [6.45, 7) is 1.27. The maximum absolute atomic E-state index is 13.6. The summed E-state index contributed by atoms with van der Waals surface area (Å²) in [6.07, 6.45) is 1.77. The van der Waals surface area contributed by atoms with E-state index in [1.807, 2.05) is 6.07 Å². The van der Waals surface area contributed by atoms with Crippen molar-refractivity contribution in [3.05, 3.63) is 35.1 Å². The summed E-state index contributed by atoms with van der Waals surface area (Å²) in [5.74, 6) is -0.329. The molecule has 2 N–H and O–H groups in total. The highest BCUT2D eigenvalue weighted by molar-refractivity contribution is 5.74. The molecule has 2 amide bonds. The molecule has 1 saturated heterocycles. The molecule has 0 saturated carbocycles. The van der Waals surface area contributed by atoms with Crippen LogP contribution in [0.3, 0.4) is 0 Å². The fourth-order valence-electron chi connectivity index (χ4n) is 2.46. The lowest BCUT2D eigenvalue weighted by molar-refractivity contribution is 0.129. The lowest BCUT2D eigenvalue weighted by Gasteiger charge is -2.31. The minimum absolute atomic E-state index is 0.0421. The zero-order chi connectivity index (χ0) is 15.2. The number of carbonyl (C=O) groups is 1. The number of aliphatic hydroxyl groups is 1. The van der Waals surface area contributed by atoms with Gasteiger partial charge in [-0.3, -0.25) is 0 Å². The van der Waals surface area contributed by atoms with Gasteiger partial charge in [0.15, 0.2) is 0 Å². The van der Waals surface area contributed by atoms with Crippen LogP contribution in [0, 0.1) is 23.1 Å². The van der Waals surface area contributed by atoms with Gasteiger partial charge >= 0.3 is 6.03 Å². The van der Waals surface area contributed by atoms with E-state index in [0.717, 1.165) is 12.8 Å². The van der Waals surface area contributed by atoms with Crippen molar-refractivity contribution in [3.63, 3.8) is 0 Å². The van der Waals surface area contributed by atoms with Crippen molar-refractivity contribution < 1.29 is 14.3 Å². The van der Waals surface area contributed by atoms with E-state index in [-0.39, 0.29) is 30.7 Å². The highest BCUT2D eigenvalue weighted by atomic mass is 19.1. The van der Waals surface area contributed by atoms with E-state index < -0.39 is 5.82 Å². The van der Waals surface area contributed by atoms with Crippen LogP contribution in [0.2, 0.25) is 0 Å². The summed E-state index contributed by atoms with van der Waals surface area (Å²) in [6, 6.07) is 5.73. The van der Waals surface area contributed by atoms with Crippen molar-refractivity contribution in [2.24, 2.45) is 5.92 Å². The van der Waals surface area contributed by atoms with E-state index in [9.17, 15) is 9.18 Å². The number of likely N-dealkylation sites (tertiary alicyclic amines) is 1. The van der Waals surface area contributed by atoms with Crippen molar-refractivity contribution in [1.29, 1.82) is 5.26 Å². The molecule has 1 atom stereocenters. The van der Waals surface area contributed by atoms with Gasteiger partial charge in [0.2, 0.25) is 0 Å². The summed E-state index contributed by atoms with van der Waals surface area (Å²) >= 11 is 0. The second-order valence-corrected chi connectivity index (χ2v) is 5.21. The van der Waals surface area contributed by atoms with E-state index in [0.29, 0.717) is 18.7 Å². The van der Waals surface area contributed by atoms with Crippen LogP contribution in [0.15, 0.2) is 18.2 Å². The smallest absolute Gasteiger partial charge is 0.317 e. The van der Waals surface area contributed by atoms with Crippen LogP contribution < -0.4 is 5.32 Å². The zero-order valence-corrected chi connectivity index (χ0v) is 11.7. The molecule has 6 heteroatoms. The Morgan fingerprint density at radius 3 is 3.10 bits per heavy atom. The third kappa shape index (κ3) is 3.92. The summed E-state index contributed by atoms with van der Waals surface area (Å²) in [5, 5.41) is 20.6. The van der Waals surface area contributed by atoms with Crippen molar-refractivity contribution in [3.8, 4) is 6.07 Å². The highest BCUT2D eigenvalue weighted by Gasteiger charge is 2.23. The van der Waals surface area contributed by atoms with Gasteiger partial charge in [-0.2, -0.15) is 5.26 Å². The molecule has 1 aromatic rings. The monoisotopic (exact) mass is 291 g/mol. The Balaban J connectivity index is 1.93. The molecule has 0 aliphatic carbocycles. The van der Waals surface area contributed by atoms with Gasteiger partial charge in [-0.05, 0) is 37.0 Å². The summed E-state index contributed by atoms with van der Waals surface area (Å²) in [5.41, 5.74) is 0.650. The SMILES string of the molecule is N#Cc1ccc(F)c(CNC(=O)N2CCCC(CO)C2)c1. The Morgan fingerprint density at radius 1 is 1.57 bits per heavy atom. The fourth-order valence-corrected chi connectivity index (χ4v) is 2.46. The Bertz CT molecular complexity index is 556. The predicted octanol–water partition coefficient (Wildman–Crippen LogP) is 1.61. The van der Waals surface area contributed by atoms with Crippen molar-refractivity contribution in [1.82, 2.24) is 10.2 Å². The van der Waals surface area contributed by atoms with Gasteiger partial charge in [-0.15, -0.1) is 0 Å². The number of benzene rings is 1. The number of aliphatic hydroxyl groups excluding tert-OH is 1. The minimum atomic E-state index is -0.443. The van der Waals surface area contributed by atoms with Crippen LogP contribution in [-0.4, -0.2) is 35.7 Å². The lowest BCUT2D eigenvalue weighted by Crippen LogP contribution is -2.46. The van der Waals surface area contributed by atoms with Crippen LogP contribution in [-0.2, 0) is 6.54 Å². The number of nitrogens with zero attached hydrogens (tertiary/aromatic N) is 2. The first-order chi connectivity index (χ1) is 10.1. The van der Waals surface area contributed by atoms with E-state index in [2.05, 4.69) is 5.32 Å². The number of nitrogens with one attached hydrogen (secondary N) is 1. The van der Waals surface area contributed by atoms with Crippen molar-refractivity contribution in [2.45, 2.75) is 19.4 Å². The molecule has 1 fully saturated rings. The fraction of sp³-hybridized carbons (Fsp3) is 0.467. The number of nitriles is 1. The molecule has 1 aliphatic heterocycles. The van der Waals surface area contributed by atoms with E-state index in [1.165, 1.54) is 18.2 Å². The zero-order valence-electron chi connectivity index (χ0n) is 11.7. The standard InChI is InChI=1S/C15H18FN3O2/c16-14-4-3-11(7-17)6-13(14)8-18-15(21)19-5-1-2-12(9-19)10-20/h3-4,6,12,20H,1-2,5,8-10H2,(H,18,21).